The van der Waals surface area contributed by atoms with E-state index in [-0.39, 0.29) is 0 Å². The molecule has 0 unspecified atom stereocenters. The van der Waals surface area contributed by atoms with Crippen molar-refractivity contribution in [2.45, 2.75) is 0 Å². The van der Waals surface area contributed by atoms with E-state index in [1.807, 2.05) is 0 Å². The van der Waals surface area contributed by atoms with E-state index >= 15 is 0 Å². The van der Waals surface area contributed by atoms with Crippen LogP contribution >= 0.6 is 0 Å². The van der Waals surface area contributed by atoms with Crippen LogP contribution in [0.2, 0.25) is 0 Å². The fourth-order valence-corrected chi connectivity index (χ4v) is 9.93. The lowest BCUT2D eigenvalue weighted by Crippen LogP contribution is -2.09. The summed E-state index contributed by atoms with van der Waals surface area (Å²) in [5.74, 6) is 0. The molecule has 0 aliphatic carbocycles. The Morgan fingerprint density at radius 3 is 1.22 bits per heavy atom. The first kappa shape index (κ1) is 37.3. The second-order valence-corrected chi connectivity index (χ2v) is 16.4. The third-order valence-electron chi connectivity index (χ3n) is 12.8. The summed E-state index contributed by atoms with van der Waals surface area (Å²) in [7, 11) is 0. The Morgan fingerprint density at radius 1 is 0.250 bits per heavy atom. The van der Waals surface area contributed by atoms with Crippen molar-refractivity contribution in [2.24, 2.45) is 0 Å². The van der Waals surface area contributed by atoms with Gasteiger partial charge in [0.25, 0.3) is 0 Å². The lowest BCUT2D eigenvalue weighted by Gasteiger charge is -2.26. The van der Waals surface area contributed by atoms with E-state index in [0.717, 1.165) is 22.7 Å². The van der Waals surface area contributed by atoms with Crippen LogP contribution in [0.5, 0.6) is 0 Å². The van der Waals surface area contributed by atoms with Crippen LogP contribution < -0.4 is 4.90 Å². The van der Waals surface area contributed by atoms with Crippen molar-refractivity contribution in [1.29, 1.82) is 0 Å². The van der Waals surface area contributed by atoms with Crippen LogP contribution in [0, 0.1) is 0 Å². The Morgan fingerprint density at radius 2 is 0.641 bits per heavy atom. The van der Waals surface area contributed by atoms with E-state index in [1.165, 1.54) is 87.9 Å². The Balaban J connectivity index is 1.03. The molecule has 0 fully saturated rings. The maximum absolute atomic E-state index is 2.40. The van der Waals surface area contributed by atoms with Gasteiger partial charge in [0.2, 0.25) is 0 Å². The summed E-state index contributed by atoms with van der Waals surface area (Å²) < 4.78 is 2.40. The Hall–Kier alpha value is -8.46. The van der Waals surface area contributed by atoms with Gasteiger partial charge in [-0.2, -0.15) is 0 Å². The SMILES string of the molecule is c1ccc(-c2ccccc2-c2ccc3c(c2)c2cc(N(c4ccccc4)c4ccc(-c5c6ccccc6c(-c6ccccc6)c6ccccc56)cc4)ccc2n3-c2ccccc2)cc1. The molecule has 0 spiro atoms. The van der Waals surface area contributed by atoms with E-state index in [2.05, 4.69) is 264 Å². The molecule has 0 aliphatic heterocycles. The number of benzene rings is 11. The highest BCUT2D eigenvalue weighted by Crippen LogP contribution is 2.46. The maximum atomic E-state index is 2.40. The Kier molecular flexibility index (Phi) is 9.20. The zero-order valence-corrected chi connectivity index (χ0v) is 35.1. The summed E-state index contributed by atoms with van der Waals surface area (Å²) >= 11 is 0. The van der Waals surface area contributed by atoms with Crippen LogP contribution in [0.25, 0.3) is 93.5 Å². The summed E-state index contributed by atoms with van der Waals surface area (Å²) in [4.78, 5) is 2.39. The van der Waals surface area contributed by atoms with Gasteiger partial charge in [-0.25, -0.2) is 0 Å². The molecule has 12 rings (SSSR count). The molecule has 0 radical (unpaired) electrons. The number of hydrogen-bond donors (Lipinski definition) is 0. The molecular weight excluding hydrogens is 773 g/mol. The molecule has 2 nitrogen and oxygen atoms in total. The normalized spacial score (nSPS) is 11.4. The maximum Gasteiger partial charge on any atom is 0.0542 e. The molecule has 300 valence electrons. The van der Waals surface area contributed by atoms with Crippen LogP contribution in [0.1, 0.15) is 0 Å². The molecule has 12 aromatic rings. The van der Waals surface area contributed by atoms with Crippen LogP contribution in [0.4, 0.5) is 17.1 Å². The molecule has 1 aromatic heterocycles. The Labute approximate surface area is 373 Å². The van der Waals surface area contributed by atoms with E-state index < -0.39 is 0 Å². The minimum Gasteiger partial charge on any atom is -0.310 e. The number of para-hydroxylation sites is 2. The van der Waals surface area contributed by atoms with E-state index in [4.69, 9.17) is 0 Å². The zero-order valence-electron chi connectivity index (χ0n) is 35.1. The summed E-state index contributed by atoms with van der Waals surface area (Å²) in [5.41, 5.74) is 16.6. The van der Waals surface area contributed by atoms with Gasteiger partial charge < -0.3 is 9.47 Å². The van der Waals surface area contributed by atoms with Crippen molar-refractivity contribution >= 4 is 60.4 Å². The summed E-state index contributed by atoms with van der Waals surface area (Å²) in [6.45, 7) is 0. The standard InChI is InChI=1S/C62H42N2/c1-5-19-43(20-6-1)51-27-13-14-28-52(51)46-35-39-59-57(41-46)58-42-50(38-40-60(58)64(59)48-25-11-4-12-26-48)63(47-23-9-3-10-24-47)49-36-33-45(34-37-49)62-55-31-17-15-29-53(55)61(44-21-7-2-8-22-44)54-30-16-18-32-56(54)62/h1-42H. The summed E-state index contributed by atoms with van der Waals surface area (Å²) in [6, 6.07) is 92.6. The number of rotatable bonds is 8. The van der Waals surface area contributed by atoms with E-state index in [0.29, 0.717) is 0 Å². The highest BCUT2D eigenvalue weighted by atomic mass is 15.1. The molecule has 64 heavy (non-hydrogen) atoms. The fourth-order valence-electron chi connectivity index (χ4n) is 9.93. The lowest BCUT2D eigenvalue weighted by molar-refractivity contribution is 1.18. The molecule has 2 heteroatoms. The van der Waals surface area contributed by atoms with E-state index in [1.54, 1.807) is 0 Å². The second kappa shape index (κ2) is 15.8. The van der Waals surface area contributed by atoms with Gasteiger partial charge in [0.05, 0.1) is 11.0 Å². The molecule has 0 saturated heterocycles. The van der Waals surface area contributed by atoms with Crippen LogP contribution in [0.15, 0.2) is 255 Å². The quantitative estimate of drug-likeness (QED) is 0.139. The average molecular weight is 815 g/mol. The van der Waals surface area contributed by atoms with Crippen molar-refractivity contribution in [1.82, 2.24) is 4.57 Å². The smallest absolute Gasteiger partial charge is 0.0542 e. The van der Waals surface area contributed by atoms with Gasteiger partial charge in [0.15, 0.2) is 0 Å². The largest absolute Gasteiger partial charge is 0.310 e. The number of aromatic nitrogens is 1. The van der Waals surface area contributed by atoms with Crippen molar-refractivity contribution in [3.05, 3.63) is 255 Å². The molecule has 0 N–H and O–H groups in total. The number of anilines is 3. The Bertz CT molecular complexity index is 3570. The van der Waals surface area contributed by atoms with Gasteiger partial charge in [-0.1, -0.05) is 188 Å². The fraction of sp³-hybridized carbons (Fsp3) is 0. The average Bonchev–Trinajstić information content (AvgIpc) is 3.70. The molecule has 0 aliphatic rings. The lowest BCUT2D eigenvalue weighted by atomic mass is 9.86. The van der Waals surface area contributed by atoms with Crippen LogP contribution in [0.3, 0.4) is 0 Å². The van der Waals surface area contributed by atoms with Gasteiger partial charge >= 0.3 is 0 Å². The van der Waals surface area contributed by atoms with Crippen molar-refractivity contribution in [3.63, 3.8) is 0 Å². The highest BCUT2D eigenvalue weighted by Gasteiger charge is 2.20. The van der Waals surface area contributed by atoms with Crippen LogP contribution in [-0.2, 0) is 0 Å². The topological polar surface area (TPSA) is 8.17 Å². The third kappa shape index (κ3) is 6.35. The minimum absolute atomic E-state index is 1.09. The first-order valence-electron chi connectivity index (χ1n) is 22.0. The third-order valence-corrected chi connectivity index (χ3v) is 12.8. The monoisotopic (exact) mass is 814 g/mol. The first-order valence-corrected chi connectivity index (χ1v) is 22.0. The van der Waals surface area contributed by atoms with Gasteiger partial charge in [-0.05, 0) is 133 Å². The van der Waals surface area contributed by atoms with Crippen molar-refractivity contribution < 1.29 is 0 Å². The van der Waals surface area contributed by atoms with E-state index in [9.17, 15) is 0 Å². The predicted octanol–water partition coefficient (Wildman–Crippen LogP) is 17.2. The molecule has 0 saturated carbocycles. The number of fused-ring (bicyclic) bond motifs is 5. The second-order valence-electron chi connectivity index (χ2n) is 16.4. The highest BCUT2D eigenvalue weighted by molar-refractivity contribution is 6.21. The van der Waals surface area contributed by atoms with Gasteiger partial charge in [-0.15, -0.1) is 0 Å². The van der Waals surface area contributed by atoms with Crippen LogP contribution in [-0.4, -0.2) is 4.57 Å². The number of hydrogen-bond acceptors (Lipinski definition) is 1. The number of nitrogens with zero attached hydrogens (tertiary/aromatic N) is 2. The molecular formula is C62H42N2. The molecule has 0 atom stereocenters. The predicted molar refractivity (Wildman–Crippen MR) is 272 cm³/mol. The molecule has 0 amide bonds. The summed E-state index contributed by atoms with van der Waals surface area (Å²) in [5, 5.41) is 7.42. The molecule has 1 heterocycles. The van der Waals surface area contributed by atoms with Gasteiger partial charge in [0, 0.05) is 33.5 Å². The summed E-state index contributed by atoms with van der Waals surface area (Å²) in [6.07, 6.45) is 0. The minimum atomic E-state index is 1.09. The van der Waals surface area contributed by atoms with Gasteiger partial charge in [0.1, 0.15) is 0 Å². The molecule has 11 aromatic carbocycles. The van der Waals surface area contributed by atoms with Crippen molar-refractivity contribution in [3.8, 4) is 50.2 Å². The molecule has 0 bridgehead atoms. The van der Waals surface area contributed by atoms with Crippen molar-refractivity contribution in [2.75, 3.05) is 4.90 Å². The van der Waals surface area contributed by atoms with Gasteiger partial charge in [-0.3, -0.25) is 0 Å². The zero-order chi connectivity index (χ0) is 42.4. The first-order chi connectivity index (χ1) is 31.8.